The van der Waals surface area contributed by atoms with E-state index >= 15 is 0 Å². The van der Waals surface area contributed by atoms with Crippen LogP contribution in [0.5, 0.6) is 0 Å². The highest BCUT2D eigenvalue weighted by Gasteiger charge is 2.15. The zero-order chi connectivity index (χ0) is 15.6. The van der Waals surface area contributed by atoms with Crippen molar-refractivity contribution in [3.8, 4) is 11.1 Å². The van der Waals surface area contributed by atoms with Crippen LogP contribution in [0, 0.1) is 5.82 Å². The molecule has 0 amide bonds. The molecule has 0 aliphatic heterocycles. The second kappa shape index (κ2) is 6.05. The minimum atomic E-state index is -1.14. The van der Waals surface area contributed by atoms with Gasteiger partial charge in [-0.25, -0.2) is 14.0 Å². The molecule has 0 unspecified atom stereocenters. The lowest BCUT2D eigenvalue weighted by atomic mass is 9.98. The van der Waals surface area contributed by atoms with Crippen molar-refractivity contribution in [2.75, 3.05) is 7.11 Å². The third-order valence-corrected chi connectivity index (χ3v) is 3.34. The van der Waals surface area contributed by atoms with Crippen molar-refractivity contribution in [2.24, 2.45) is 0 Å². The van der Waals surface area contributed by atoms with Crippen LogP contribution in [0.2, 0.25) is 0 Å². The Kier molecular flexibility index (Phi) is 4.37. The SMILES string of the molecule is COC(=O)c1cc(F)cc(-c2ccc(Br)cc2C(=O)O)c1. The van der Waals surface area contributed by atoms with Gasteiger partial charge in [-0.1, -0.05) is 22.0 Å². The summed E-state index contributed by atoms with van der Waals surface area (Å²) in [5.41, 5.74) is 0.633. The largest absolute Gasteiger partial charge is 0.478 e. The molecule has 0 atom stereocenters. The van der Waals surface area contributed by atoms with E-state index in [2.05, 4.69) is 20.7 Å². The molecule has 108 valence electrons. The van der Waals surface area contributed by atoms with E-state index in [1.54, 1.807) is 12.1 Å². The molecule has 2 rings (SSSR count). The van der Waals surface area contributed by atoms with Gasteiger partial charge in [0.15, 0.2) is 0 Å². The van der Waals surface area contributed by atoms with Gasteiger partial charge in [-0.15, -0.1) is 0 Å². The lowest BCUT2D eigenvalue weighted by Gasteiger charge is -2.09. The Hall–Kier alpha value is -2.21. The van der Waals surface area contributed by atoms with Gasteiger partial charge in [-0.2, -0.15) is 0 Å². The van der Waals surface area contributed by atoms with Crippen LogP contribution < -0.4 is 0 Å². The number of methoxy groups -OCH3 is 1. The Morgan fingerprint density at radius 1 is 1.19 bits per heavy atom. The number of halogens is 2. The van der Waals surface area contributed by atoms with E-state index in [0.717, 1.165) is 6.07 Å². The highest BCUT2D eigenvalue weighted by molar-refractivity contribution is 9.10. The lowest BCUT2D eigenvalue weighted by Crippen LogP contribution is -2.04. The number of ether oxygens (including phenoxy) is 1. The number of carboxylic acid groups (broad SMARTS) is 1. The summed E-state index contributed by atoms with van der Waals surface area (Å²) in [5.74, 6) is -2.48. The Morgan fingerprint density at radius 2 is 1.90 bits per heavy atom. The van der Waals surface area contributed by atoms with Crippen LogP contribution in [0.15, 0.2) is 40.9 Å². The number of esters is 1. The molecule has 0 aliphatic rings. The van der Waals surface area contributed by atoms with Crippen LogP contribution >= 0.6 is 15.9 Å². The summed E-state index contributed by atoms with van der Waals surface area (Å²) < 4.78 is 18.8. The van der Waals surface area contributed by atoms with Crippen molar-refractivity contribution in [1.29, 1.82) is 0 Å². The molecule has 0 saturated heterocycles. The topological polar surface area (TPSA) is 63.6 Å². The van der Waals surface area contributed by atoms with E-state index in [0.29, 0.717) is 15.6 Å². The van der Waals surface area contributed by atoms with Crippen molar-refractivity contribution in [3.05, 3.63) is 57.8 Å². The van der Waals surface area contributed by atoms with Gasteiger partial charge in [-0.05, 0) is 41.5 Å². The molecule has 0 fully saturated rings. The average Bonchev–Trinajstić information content (AvgIpc) is 2.45. The van der Waals surface area contributed by atoms with E-state index < -0.39 is 17.8 Å². The lowest BCUT2D eigenvalue weighted by molar-refractivity contribution is 0.0599. The number of rotatable bonds is 3. The maximum absolute atomic E-state index is 13.7. The fourth-order valence-electron chi connectivity index (χ4n) is 1.93. The molecule has 0 aliphatic carbocycles. The zero-order valence-corrected chi connectivity index (χ0v) is 12.5. The number of aromatic carboxylic acids is 1. The van der Waals surface area contributed by atoms with Crippen molar-refractivity contribution < 1.29 is 23.8 Å². The second-order valence-electron chi connectivity index (χ2n) is 4.22. The fourth-order valence-corrected chi connectivity index (χ4v) is 2.29. The number of carbonyl (C=O) groups excluding carboxylic acids is 1. The Labute approximate surface area is 128 Å². The van der Waals surface area contributed by atoms with Gasteiger partial charge in [0.25, 0.3) is 0 Å². The van der Waals surface area contributed by atoms with Crippen LogP contribution in [0.3, 0.4) is 0 Å². The normalized spacial score (nSPS) is 10.2. The first-order chi connectivity index (χ1) is 9.92. The molecule has 0 bridgehead atoms. The molecule has 21 heavy (non-hydrogen) atoms. The molecular formula is C15H10BrFO4. The summed E-state index contributed by atoms with van der Waals surface area (Å²) in [6, 6.07) is 8.20. The van der Waals surface area contributed by atoms with Gasteiger partial charge in [0.05, 0.1) is 18.2 Å². The van der Waals surface area contributed by atoms with E-state index in [4.69, 9.17) is 0 Å². The summed E-state index contributed by atoms with van der Waals surface area (Å²) in [5, 5.41) is 9.24. The maximum Gasteiger partial charge on any atom is 0.337 e. The fraction of sp³-hybridized carbons (Fsp3) is 0.0667. The Morgan fingerprint density at radius 3 is 2.52 bits per heavy atom. The Bertz CT molecular complexity index is 728. The minimum absolute atomic E-state index is 0.00536. The smallest absolute Gasteiger partial charge is 0.337 e. The molecule has 0 radical (unpaired) electrons. The highest BCUT2D eigenvalue weighted by Crippen LogP contribution is 2.28. The Balaban J connectivity index is 2.64. The van der Waals surface area contributed by atoms with E-state index in [1.807, 2.05) is 0 Å². The number of hydrogen-bond donors (Lipinski definition) is 1. The van der Waals surface area contributed by atoms with E-state index in [-0.39, 0.29) is 11.1 Å². The molecule has 2 aromatic carbocycles. The highest BCUT2D eigenvalue weighted by atomic mass is 79.9. The van der Waals surface area contributed by atoms with Gasteiger partial charge in [0.2, 0.25) is 0 Å². The van der Waals surface area contributed by atoms with Gasteiger partial charge >= 0.3 is 11.9 Å². The van der Waals surface area contributed by atoms with Gasteiger partial charge in [-0.3, -0.25) is 0 Å². The number of carboxylic acids is 1. The van der Waals surface area contributed by atoms with Crippen LogP contribution in [0.4, 0.5) is 4.39 Å². The van der Waals surface area contributed by atoms with Crippen molar-refractivity contribution in [2.45, 2.75) is 0 Å². The van der Waals surface area contributed by atoms with Crippen molar-refractivity contribution >= 4 is 27.9 Å². The quantitative estimate of drug-likeness (QED) is 0.854. The third kappa shape index (κ3) is 3.28. The molecule has 1 N–H and O–H groups in total. The van der Waals surface area contributed by atoms with Gasteiger partial charge < -0.3 is 9.84 Å². The van der Waals surface area contributed by atoms with Gasteiger partial charge in [0, 0.05) is 4.47 Å². The predicted molar refractivity (Wildman–Crippen MR) is 77.8 cm³/mol. The third-order valence-electron chi connectivity index (χ3n) is 2.84. The van der Waals surface area contributed by atoms with Crippen LogP contribution in [0.25, 0.3) is 11.1 Å². The molecule has 0 spiro atoms. The molecule has 6 heteroatoms. The van der Waals surface area contributed by atoms with Crippen LogP contribution in [0.1, 0.15) is 20.7 Å². The van der Waals surface area contributed by atoms with Crippen molar-refractivity contribution in [3.63, 3.8) is 0 Å². The number of benzene rings is 2. The molecule has 0 aromatic heterocycles. The summed E-state index contributed by atoms with van der Waals surface area (Å²) >= 11 is 3.19. The summed E-state index contributed by atoms with van der Waals surface area (Å²) in [6.07, 6.45) is 0. The standard InChI is InChI=1S/C15H10BrFO4/c1-21-15(20)9-4-8(5-11(17)6-9)12-3-2-10(16)7-13(12)14(18)19/h2-7H,1H3,(H,18,19). The van der Waals surface area contributed by atoms with Crippen LogP contribution in [-0.2, 0) is 4.74 Å². The first-order valence-corrected chi connectivity index (χ1v) is 6.64. The predicted octanol–water partition coefficient (Wildman–Crippen LogP) is 3.74. The minimum Gasteiger partial charge on any atom is -0.478 e. The molecule has 2 aromatic rings. The van der Waals surface area contributed by atoms with E-state index in [9.17, 15) is 19.1 Å². The first kappa shape index (κ1) is 15.2. The average molecular weight is 353 g/mol. The summed E-state index contributed by atoms with van der Waals surface area (Å²) in [6.45, 7) is 0. The maximum atomic E-state index is 13.7. The molecule has 0 heterocycles. The van der Waals surface area contributed by atoms with Crippen LogP contribution in [-0.4, -0.2) is 24.2 Å². The molecule has 0 saturated carbocycles. The summed E-state index contributed by atoms with van der Waals surface area (Å²) in [4.78, 5) is 22.8. The molecule has 4 nitrogen and oxygen atoms in total. The van der Waals surface area contributed by atoms with Crippen molar-refractivity contribution in [1.82, 2.24) is 0 Å². The first-order valence-electron chi connectivity index (χ1n) is 5.84. The van der Waals surface area contributed by atoms with E-state index in [1.165, 1.54) is 25.3 Å². The second-order valence-corrected chi connectivity index (χ2v) is 5.13. The summed E-state index contributed by atoms with van der Waals surface area (Å²) in [7, 11) is 1.19. The zero-order valence-electron chi connectivity index (χ0n) is 10.9. The number of hydrogen-bond acceptors (Lipinski definition) is 3. The van der Waals surface area contributed by atoms with Gasteiger partial charge in [0.1, 0.15) is 5.82 Å². The molecular weight excluding hydrogens is 343 g/mol. The number of carbonyl (C=O) groups is 2. The monoisotopic (exact) mass is 352 g/mol.